The summed E-state index contributed by atoms with van der Waals surface area (Å²) in [5, 5.41) is 0. The molecular formula is C5H3N. The zero-order valence-corrected chi connectivity index (χ0v) is 3.18. The predicted octanol–water partition coefficient (Wildman–Crippen LogP) is 1.06. The first kappa shape index (κ1) is 2.35. The molecule has 0 spiro atoms. The fourth-order valence-corrected chi connectivity index (χ4v) is 0.578. The summed E-state index contributed by atoms with van der Waals surface area (Å²) >= 11 is 0. The third-order valence-corrected chi connectivity index (χ3v) is 0.962. The van der Waals surface area contributed by atoms with Gasteiger partial charge in [0.25, 0.3) is 0 Å². The maximum absolute atomic E-state index is 3.95. The standard InChI is InChI=1S/C5H3N/c1-2-4-5(3-1)6-4/h1-3H. The van der Waals surface area contributed by atoms with E-state index in [4.69, 9.17) is 0 Å². The summed E-state index contributed by atoms with van der Waals surface area (Å²) in [5.74, 6) is 0. The van der Waals surface area contributed by atoms with Gasteiger partial charge in [-0.05, 0) is 12.1 Å². The highest BCUT2D eigenvalue weighted by Crippen LogP contribution is 2.25. The lowest BCUT2D eigenvalue weighted by molar-refractivity contribution is 1.67. The molecule has 0 aromatic heterocycles. The van der Waals surface area contributed by atoms with Crippen molar-refractivity contribution in [1.29, 1.82) is 0 Å². The third-order valence-electron chi connectivity index (χ3n) is 0.962. The molecule has 0 saturated heterocycles. The Balaban J connectivity index is 2.91. The van der Waals surface area contributed by atoms with Gasteiger partial charge in [0, 0.05) is 0 Å². The average molecular weight is 77.1 g/mol. The molecule has 0 bridgehead atoms. The molecule has 1 aliphatic carbocycles. The second-order valence-corrected chi connectivity index (χ2v) is 1.41. The maximum Gasteiger partial charge on any atom is 0.0894 e. The third kappa shape index (κ3) is 0.117. The number of hydrogen-bond acceptors (Lipinski definition) is 1. The Hall–Kier alpha value is -0.850. The molecule has 0 N–H and O–H groups in total. The summed E-state index contributed by atoms with van der Waals surface area (Å²) in [5.41, 5.74) is 2.35. The first-order valence-corrected chi connectivity index (χ1v) is 1.94. The first-order valence-electron chi connectivity index (χ1n) is 1.94. The summed E-state index contributed by atoms with van der Waals surface area (Å²) in [6.07, 6.45) is 0. The molecule has 2 rings (SSSR count). The molecule has 1 heterocycles. The molecule has 0 radical (unpaired) electrons. The van der Waals surface area contributed by atoms with Gasteiger partial charge in [0.1, 0.15) is 0 Å². The van der Waals surface area contributed by atoms with Gasteiger partial charge in [0.05, 0.1) is 11.4 Å². The summed E-state index contributed by atoms with van der Waals surface area (Å²) in [6, 6.07) is 6.03. The van der Waals surface area contributed by atoms with E-state index in [9.17, 15) is 0 Å². The monoisotopic (exact) mass is 77.0 g/mol. The van der Waals surface area contributed by atoms with Crippen LogP contribution in [0.25, 0.3) is 11.4 Å². The summed E-state index contributed by atoms with van der Waals surface area (Å²) < 4.78 is 0. The molecule has 0 aromatic carbocycles. The highest BCUT2D eigenvalue weighted by molar-refractivity contribution is 5.67. The van der Waals surface area contributed by atoms with Crippen molar-refractivity contribution in [3.63, 3.8) is 0 Å². The van der Waals surface area contributed by atoms with Crippen LogP contribution in [0.2, 0.25) is 0 Å². The minimum atomic E-state index is 1.18. The van der Waals surface area contributed by atoms with Gasteiger partial charge in [-0.3, -0.25) is 0 Å². The average Bonchev–Trinajstić information content (AvgIpc) is 2.17. The molecule has 0 unspecified atom stereocenters. The van der Waals surface area contributed by atoms with Crippen LogP contribution in [0, 0.1) is 0 Å². The molecule has 0 atom stereocenters. The van der Waals surface area contributed by atoms with Gasteiger partial charge >= 0.3 is 0 Å². The molecule has 1 nitrogen and oxygen atoms in total. The Bertz CT molecular complexity index is 164. The van der Waals surface area contributed by atoms with E-state index in [-0.39, 0.29) is 0 Å². The van der Waals surface area contributed by atoms with E-state index >= 15 is 0 Å². The largest absolute Gasteiger partial charge is 0.245 e. The molecule has 28 valence electrons. The molecule has 0 saturated carbocycles. The van der Waals surface area contributed by atoms with E-state index in [1.807, 2.05) is 18.2 Å². The van der Waals surface area contributed by atoms with Gasteiger partial charge in [0.2, 0.25) is 0 Å². The Morgan fingerprint density at radius 3 is 2.00 bits per heavy atom. The summed E-state index contributed by atoms with van der Waals surface area (Å²) in [6.45, 7) is 0. The summed E-state index contributed by atoms with van der Waals surface area (Å²) in [7, 11) is 0. The van der Waals surface area contributed by atoms with E-state index in [1.165, 1.54) is 11.4 Å². The van der Waals surface area contributed by atoms with Gasteiger partial charge in [-0.1, -0.05) is 6.07 Å². The van der Waals surface area contributed by atoms with Crippen molar-refractivity contribution in [2.45, 2.75) is 0 Å². The van der Waals surface area contributed by atoms with Gasteiger partial charge in [0.15, 0.2) is 0 Å². The highest BCUT2D eigenvalue weighted by atomic mass is 14.9. The van der Waals surface area contributed by atoms with Crippen molar-refractivity contribution in [2.24, 2.45) is 0 Å². The van der Waals surface area contributed by atoms with Crippen LogP contribution in [0.3, 0.4) is 0 Å². The summed E-state index contributed by atoms with van der Waals surface area (Å²) in [4.78, 5) is 3.95. The molecule has 0 aromatic rings. The van der Waals surface area contributed by atoms with E-state index in [0.717, 1.165) is 0 Å². The Morgan fingerprint density at radius 2 is 1.83 bits per heavy atom. The number of fused-ring (bicyclic) bond motifs is 1. The van der Waals surface area contributed by atoms with Crippen LogP contribution in [0.5, 0.6) is 0 Å². The molecule has 1 aliphatic heterocycles. The van der Waals surface area contributed by atoms with Crippen LogP contribution >= 0.6 is 0 Å². The molecule has 0 amide bonds. The zero-order chi connectivity index (χ0) is 3.98. The zero-order valence-electron chi connectivity index (χ0n) is 3.18. The number of rotatable bonds is 0. The Labute approximate surface area is 35.6 Å². The van der Waals surface area contributed by atoms with Crippen LogP contribution in [-0.4, -0.2) is 4.98 Å². The van der Waals surface area contributed by atoms with Gasteiger partial charge in [-0.25, -0.2) is 4.98 Å². The van der Waals surface area contributed by atoms with Crippen LogP contribution in [0.4, 0.5) is 0 Å². The number of nitrogens with zero attached hydrogens (tertiary/aromatic N) is 1. The molecule has 1 heteroatoms. The molecule has 2 aliphatic rings. The van der Waals surface area contributed by atoms with Crippen molar-refractivity contribution < 1.29 is 0 Å². The second-order valence-electron chi connectivity index (χ2n) is 1.41. The van der Waals surface area contributed by atoms with E-state index < -0.39 is 0 Å². The number of pyridine rings is 1. The second kappa shape index (κ2) is 0.492. The fourth-order valence-electron chi connectivity index (χ4n) is 0.578. The van der Waals surface area contributed by atoms with Crippen molar-refractivity contribution in [3.8, 4) is 11.4 Å². The topological polar surface area (TPSA) is 12.9 Å². The van der Waals surface area contributed by atoms with Crippen LogP contribution in [0.1, 0.15) is 0 Å². The van der Waals surface area contributed by atoms with E-state index in [1.54, 1.807) is 0 Å². The molecule has 0 fully saturated rings. The smallest absolute Gasteiger partial charge is 0.0894 e. The minimum Gasteiger partial charge on any atom is -0.245 e. The van der Waals surface area contributed by atoms with Gasteiger partial charge < -0.3 is 0 Å². The van der Waals surface area contributed by atoms with Crippen molar-refractivity contribution >= 4 is 0 Å². The van der Waals surface area contributed by atoms with Crippen molar-refractivity contribution in [2.75, 3.05) is 0 Å². The lowest BCUT2D eigenvalue weighted by Gasteiger charge is -1.45. The van der Waals surface area contributed by atoms with Crippen LogP contribution < -0.4 is 0 Å². The van der Waals surface area contributed by atoms with Crippen molar-refractivity contribution in [1.82, 2.24) is 4.98 Å². The lowest BCUT2D eigenvalue weighted by Crippen LogP contribution is -1.30. The van der Waals surface area contributed by atoms with Crippen LogP contribution in [0.15, 0.2) is 18.2 Å². The quantitative estimate of drug-likeness (QED) is 0.458. The Kier molecular flexibility index (Phi) is 0.192. The van der Waals surface area contributed by atoms with Gasteiger partial charge in [-0.2, -0.15) is 0 Å². The number of hydrogen-bond donors (Lipinski definition) is 0. The SMILES string of the molecule is c1cc2nc-2c1. The Morgan fingerprint density at radius 1 is 1.17 bits per heavy atom. The normalized spacial score (nSPS) is 11.3. The fraction of sp³-hybridized carbons (Fsp3) is 0. The van der Waals surface area contributed by atoms with E-state index in [0.29, 0.717) is 0 Å². The highest BCUT2D eigenvalue weighted by Gasteiger charge is 2.10. The van der Waals surface area contributed by atoms with Crippen LogP contribution in [-0.2, 0) is 0 Å². The molecule has 6 heavy (non-hydrogen) atoms. The van der Waals surface area contributed by atoms with Crippen molar-refractivity contribution in [3.05, 3.63) is 18.2 Å². The maximum atomic E-state index is 3.95. The molecular weight excluding hydrogens is 74.1 g/mol. The van der Waals surface area contributed by atoms with Gasteiger partial charge in [-0.15, -0.1) is 0 Å². The first-order chi connectivity index (χ1) is 2.97. The number of aromatic nitrogens is 1. The minimum absolute atomic E-state index is 1.18. The van der Waals surface area contributed by atoms with E-state index in [2.05, 4.69) is 4.98 Å². The predicted molar refractivity (Wildman–Crippen MR) is 23.2 cm³/mol. The lowest BCUT2D eigenvalue weighted by atomic mass is 10.6.